The third kappa shape index (κ3) is 4.31. The van der Waals surface area contributed by atoms with E-state index >= 15 is 0 Å². The predicted octanol–water partition coefficient (Wildman–Crippen LogP) is 2.88. The topological polar surface area (TPSA) is 61.4 Å². The van der Waals surface area contributed by atoms with Gasteiger partial charge in [0.15, 0.2) is 0 Å². The number of aromatic nitrogens is 2. The maximum atomic E-state index is 12.9. The molecule has 0 atom stereocenters. The normalized spacial score (nSPS) is 14.4. The number of nitrogens with zero attached hydrogens (tertiary/aromatic N) is 4. The lowest BCUT2D eigenvalue weighted by atomic mass is 10.2. The van der Waals surface area contributed by atoms with Gasteiger partial charge in [-0.05, 0) is 38.0 Å². The molecule has 0 saturated carbocycles. The van der Waals surface area contributed by atoms with Crippen molar-refractivity contribution in [3.8, 4) is 0 Å². The van der Waals surface area contributed by atoms with Gasteiger partial charge in [0, 0.05) is 44.5 Å². The number of amides is 1. The minimum atomic E-state index is -0.0149. The van der Waals surface area contributed by atoms with Gasteiger partial charge in [0.1, 0.15) is 17.3 Å². The highest BCUT2D eigenvalue weighted by molar-refractivity contribution is 5.93. The standard InChI is InChI=1S/C20H27N5O/c1-4-8-21-19-14-18(22-16(3)23-19)20(26)25-11-9-24(10-12-25)17-7-5-6-15(2)13-17/h5-7,13-14H,4,8-12H2,1-3H3,(H,21,22,23). The number of anilines is 2. The Hall–Kier alpha value is -2.63. The van der Waals surface area contributed by atoms with Crippen LogP contribution in [-0.2, 0) is 0 Å². The predicted molar refractivity (Wildman–Crippen MR) is 105 cm³/mol. The highest BCUT2D eigenvalue weighted by Crippen LogP contribution is 2.19. The second-order valence-corrected chi connectivity index (χ2v) is 6.73. The number of carbonyl (C=O) groups is 1. The van der Waals surface area contributed by atoms with Gasteiger partial charge in [-0.15, -0.1) is 0 Å². The van der Waals surface area contributed by atoms with E-state index in [0.717, 1.165) is 31.9 Å². The molecule has 0 radical (unpaired) electrons. The average Bonchev–Trinajstić information content (AvgIpc) is 2.65. The molecule has 138 valence electrons. The number of rotatable bonds is 5. The lowest BCUT2D eigenvalue weighted by Gasteiger charge is -2.36. The Bertz CT molecular complexity index is 769. The molecule has 0 bridgehead atoms. The number of nitrogens with one attached hydrogen (secondary N) is 1. The highest BCUT2D eigenvalue weighted by atomic mass is 16.2. The Morgan fingerprint density at radius 1 is 1.12 bits per heavy atom. The van der Waals surface area contributed by atoms with Crippen LogP contribution >= 0.6 is 0 Å². The summed E-state index contributed by atoms with van der Waals surface area (Å²) in [6, 6.07) is 10.3. The minimum Gasteiger partial charge on any atom is -0.370 e. The van der Waals surface area contributed by atoms with E-state index in [1.807, 2.05) is 11.8 Å². The fourth-order valence-electron chi connectivity index (χ4n) is 3.18. The first kappa shape index (κ1) is 18.2. The fraction of sp³-hybridized carbons (Fsp3) is 0.450. The van der Waals surface area contributed by atoms with E-state index in [-0.39, 0.29) is 5.91 Å². The molecule has 0 unspecified atom stereocenters. The van der Waals surface area contributed by atoms with Crippen molar-refractivity contribution in [3.05, 3.63) is 47.4 Å². The zero-order valence-electron chi connectivity index (χ0n) is 15.8. The maximum Gasteiger partial charge on any atom is 0.272 e. The molecule has 1 fully saturated rings. The molecular weight excluding hydrogens is 326 g/mol. The van der Waals surface area contributed by atoms with Gasteiger partial charge in [0.25, 0.3) is 5.91 Å². The molecule has 1 aromatic carbocycles. The van der Waals surface area contributed by atoms with E-state index < -0.39 is 0 Å². The molecule has 1 aliphatic heterocycles. The van der Waals surface area contributed by atoms with Crippen LogP contribution in [-0.4, -0.2) is 53.5 Å². The smallest absolute Gasteiger partial charge is 0.272 e. The van der Waals surface area contributed by atoms with E-state index in [1.165, 1.54) is 11.3 Å². The van der Waals surface area contributed by atoms with E-state index in [2.05, 4.69) is 58.3 Å². The molecular formula is C20H27N5O. The summed E-state index contributed by atoms with van der Waals surface area (Å²) in [6.07, 6.45) is 1.01. The fourth-order valence-corrected chi connectivity index (χ4v) is 3.18. The van der Waals surface area contributed by atoms with Gasteiger partial charge in [-0.1, -0.05) is 19.1 Å². The number of hydrogen-bond acceptors (Lipinski definition) is 5. The van der Waals surface area contributed by atoms with Crippen LogP contribution in [0.3, 0.4) is 0 Å². The molecule has 1 aromatic heterocycles. The largest absolute Gasteiger partial charge is 0.370 e. The van der Waals surface area contributed by atoms with Crippen LogP contribution < -0.4 is 10.2 Å². The molecule has 0 aliphatic carbocycles. The molecule has 6 nitrogen and oxygen atoms in total. The Morgan fingerprint density at radius 2 is 1.88 bits per heavy atom. The van der Waals surface area contributed by atoms with Crippen LogP contribution in [0.15, 0.2) is 30.3 Å². The van der Waals surface area contributed by atoms with Gasteiger partial charge in [0.2, 0.25) is 0 Å². The number of aryl methyl sites for hydroxylation is 2. The van der Waals surface area contributed by atoms with Crippen LogP contribution in [0.4, 0.5) is 11.5 Å². The molecule has 1 aliphatic rings. The van der Waals surface area contributed by atoms with Gasteiger partial charge in [0.05, 0.1) is 0 Å². The van der Waals surface area contributed by atoms with Gasteiger partial charge < -0.3 is 15.1 Å². The number of piperazine rings is 1. The van der Waals surface area contributed by atoms with Crippen LogP contribution in [0.5, 0.6) is 0 Å². The molecule has 0 spiro atoms. The quantitative estimate of drug-likeness (QED) is 0.896. The summed E-state index contributed by atoms with van der Waals surface area (Å²) < 4.78 is 0. The minimum absolute atomic E-state index is 0.0149. The zero-order chi connectivity index (χ0) is 18.5. The van der Waals surface area contributed by atoms with Crippen molar-refractivity contribution < 1.29 is 4.79 Å². The molecule has 26 heavy (non-hydrogen) atoms. The molecule has 3 rings (SSSR count). The average molecular weight is 353 g/mol. The van der Waals surface area contributed by atoms with E-state index in [4.69, 9.17) is 0 Å². The number of hydrogen-bond donors (Lipinski definition) is 1. The third-order valence-corrected chi connectivity index (χ3v) is 4.55. The lowest BCUT2D eigenvalue weighted by Crippen LogP contribution is -2.49. The summed E-state index contributed by atoms with van der Waals surface area (Å²) in [7, 11) is 0. The molecule has 6 heteroatoms. The highest BCUT2D eigenvalue weighted by Gasteiger charge is 2.24. The Labute approximate surface area is 155 Å². The lowest BCUT2D eigenvalue weighted by molar-refractivity contribution is 0.0740. The molecule has 2 aromatic rings. The second kappa shape index (κ2) is 8.17. The van der Waals surface area contributed by atoms with E-state index in [1.54, 1.807) is 6.07 Å². The first-order chi connectivity index (χ1) is 12.6. The van der Waals surface area contributed by atoms with E-state index in [9.17, 15) is 4.79 Å². The Kier molecular flexibility index (Phi) is 5.71. The Morgan fingerprint density at radius 3 is 2.58 bits per heavy atom. The maximum absolute atomic E-state index is 12.9. The van der Waals surface area contributed by atoms with Gasteiger partial charge in [-0.2, -0.15) is 0 Å². The second-order valence-electron chi connectivity index (χ2n) is 6.73. The van der Waals surface area contributed by atoms with Crippen molar-refractivity contribution in [2.75, 3.05) is 42.9 Å². The summed E-state index contributed by atoms with van der Waals surface area (Å²) in [6.45, 7) is 9.93. The van der Waals surface area contributed by atoms with Crippen LogP contribution in [0.2, 0.25) is 0 Å². The first-order valence-corrected chi connectivity index (χ1v) is 9.27. The summed E-state index contributed by atoms with van der Waals surface area (Å²) in [5.41, 5.74) is 2.95. The molecule has 2 heterocycles. The molecule has 1 amide bonds. The first-order valence-electron chi connectivity index (χ1n) is 9.27. The SMILES string of the molecule is CCCNc1cc(C(=O)N2CCN(c3cccc(C)c3)CC2)nc(C)n1. The van der Waals surface area contributed by atoms with E-state index in [0.29, 0.717) is 24.6 Å². The van der Waals surface area contributed by atoms with Gasteiger partial charge in [-0.3, -0.25) is 4.79 Å². The number of carbonyl (C=O) groups excluding carboxylic acids is 1. The molecule has 1 saturated heterocycles. The zero-order valence-corrected chi connectivity index (χ0v) is 15.8. The monoisotopic (exact) mass is 353 g/mol. The van der Waals surface area contributed by atoms with Crippen LogP contribution in [0, 0.1) is 13.8 Å². The van der Waals surface area contributed by atoms with Crippen LogP contribution in [0.1, 0.15) is 35.2 Å². The summed E-state index contributed by atoms with van der Waals surface area (Å²) in [5.74, 6) is 1.33. The van der Waals surface area contributed by atoms with Crippen molar-refractivity contribution in [2.45, 2.75) is 27.2 Å². The van der Waals surface area contributed by atoms with Crippen molar-refractivity contribution in [2.24, 2.45) is 0 Å². The summed E-state index contributed by atoms with van der Waals surface area (Å²) in [4.78, 5) is 25.8. The van der Waals surface area contributed by atoms with Gasteiger partial charge in [-0.25, -0.2) is 9.97 Å². The van der Waals surface area contributed by atoms with Crippen molar-refractivity contribution in [3.63, 3.8) is 0 Å². The van der Waals surface area contributed by atoms with Crippen LogP contribution in [0.25, 0.3) is 0 Å². The summed E-state index contributed by atoms with van der Waals surface area (Å²) >= 11 is 0. The summed E-state index contributed by atoms with van der Waals surface area (Å²) in [5, 5.41) is 3.24. The van der Waals surface area contributed by atoms with Crippen molar-refractivity contribution in [1.29, 1.82) is 0 Å². The van der Waals surface area contributed by atoms with Crippen molar-refractivity contribution in [1.82, 2.24) is 14.9 Å². The molecule has 1 N–H and O–H groups in total. The van der Waals surface area contributed by atoms with Crippen molar-refractivity contribution >= 4 is 17.4 Å². The third-order valence-electron chi connectivity index (χ3n) is 4.55. The number of benzene rings is 1. The van der Waals surface area contributed by atoms with Gasteiger partial charge >= 0.3 is 0 Å². The Balaban J connectivity index is 1.66.